The lowest BCUT2D eigenvalue weighted by Crippen LogP contribution is -2.23. The second kappa shape index (κ2) is 19.9. The van der Waals surface area contributed by atoms with Gasteiger partial charge in [-0.2, -0.15) is 62.7 Å². The molecule has 0 bridgehead atoms. The molecule has 4 atom stereocenters. The summed E-state index contributed by atoms with van der Waals surface area (Å²) in [5, 5.41) is -0.211. The van der Waals surface area contributed by atoms with E-state index < -0.39 is 91.2 Å². The van der Waals surface area contributed by atoms with Gasteiger partial charge in [0.05, 0.1) is 22.3 Å². The SMILES string of the molecule is C#C/C=C(\C=C/Cc1cc(F)cc(F)c1)S(c1ccc(-c2cc(F)cc(P)c2)cc1)(c1ccc(-c2cc(C(F)(F)F)cc(C(F)(F)F)c2)cc1)C1C=CC(c2cc(C(F)(F)F)cc(C(F)(F)F)c2)CC1. The molecule has 70 heavy (non-hydrogen) atoms. The molecule has 7 rings (SSSR count). The van der Waals surface area contributed by atoms with Gasteiger partial charge in [0.1, 0.15) is 17.5 Å². The molecular formula is C53H36F15PS. The highest BCUT2D eigenvalue weighted by Gasteiger charge is 2.42. The molecule has 364 valence electrons. The Balaban J connectivity index is 1.47. The van der Waals surface area contributed by atoms with Crippen LogP contribution in [0.15, 0.2) is 166 Å². The number of halogens is 15. The number of terminal acetylenes is 1. The fourth-order valence-corrected chi connectivity index (χ4v) is 13.2. The molecule has 1 aliphatic carbocycles. The fraction of sp³-hybridized carbons (Fsp3) is 0.170. The van der Waals surface area contributed by atoms with Gasteiger partial charge in [-0.3, -0.25) is 0 Å². The predicted molar refractivity (Wildman–Crippen MR) is 245 cm³/mol. The zero-order chi connectivity index (χ0) is 51.0. The molecule has 17 heteroatoms. The van der Waals surface area contributed by atoms with Crippen molar-refractivity contribution in [1.29, 1.82) is 0 Å². The summed E-state index contributed by atoms with van der Waals surface area (Å²) in [6.45, 7) is 0. The number of benzene rings is 6. The first kappa shape index (κ1) is 51.7. The van der Waals surface area contributed by atoms with Crippen LogP contribution in [0.3, 0.4) is 0 Å². The Bertz CT molecular complexity index is 2920. The van der Waals surface area contributed by atoms with Gasteiger partial charge in [-0.05, 0) is 159 Å². The van der Waals surface area contributed by atoms with Crippen LogP contribution < -0.4 is 5.30 Å². The number of hydrogen-bond donors (Lipinski definition) is 0. The first-order chi connectivity index (χ1) is 32.7. The van der Waals surface area contributed by atoms with E-state index in [1.165, 1.54) is 48.6 Å². The van der Waals surface area contributed by atoms with E-state index in [0.717, 1.165) is 12.1 Å². The average molecular weight is 1020 g/mol. The van der Waals surface area contributed by atoms with Gasteiger partial charge in [-0.1, -0.05) is 54.5 Å². The third-order valence-corrected chi connectivity index (χ3v) is 16.3. The monoisotopic (exact) mass is 1020 g/mol. The molecule has 6 aromatic rings. The fourth-order valence-electron chi connectivity index (χ4n) is 8.49. The third kappa shape index (κ3) is 11.5. The molecule has 0 heterocycles. The van der Waals surface area contributed by atoms with Crippen molar-refractivity contribution in [3.05, 3.63) is 207 Å². The van der Waals surface area contributed by atoms with Crippen molar-refractivity contribution >= 4 is 24.6 Å². The zero-order valence-corrected chi connectivity index (χ0v) is 37.9. The van der Waals surface area contributed by atoms with Gasteiger partial charge >= 0.3 is 24.7 Å². The Kier molecular flexibility index (Phi) is 14.7. The van der Waals surface area contributed by atoms with Gasteiger partial charge in [-0.25, -0.2) is 13.2 Å². The lowest BCUT2D eigenvalue weighted by atomic mass is 9.87. The normalized spacial score (nSPS) is 17.3. The molecule has 0 nitrogen and oxygen atoms in total. The van der Waals surface area contributed by atoms with E-state index in [0.29, 0.717) is 61.5 Å². The Morgan fingerprint density at radius 2 is 1.00 bits per heavy atom. The summed E-state index contributed by atoms with van der Waals surface area (Å²) in [6.07, 6.45) is -6.92. The van der Waals surface area contributed by atoms with Gasteiger partial charge in [0, 0.05) is 28.2 Å². The summed E-state index contributed by atoms with van der Waals surface area (Å²) in [4.78, 5) is 1.29. The minimum Gasteiger partial charge on any atom is -0.207 e. The van der Waals surface area contributed by atoms with Crippen molar-refractivity contribution in [2.45, 2.75) is 64.9 Å². The predicted octanol–water partition coefficient (Wildman–Crippen LogP) is 17.1. The molecule has 0 amide bonds. The molecule has 0 fully saturated rings. The first-order valence-corrected chi connectivity index (χ1v) is 23.2. The maximum absolute atomic E-state index is 14.6. The van der Waals surface area contributed by atoms with Gasteiger partial charge < -0.3 is 0 Å². The molecule has 0 aromatic heterocycles. The Morgan fingerprint density at radius 1 is 0.543 bits per heavy atom. The number of alkyl halides is 12. The van der Waals surface area contributed by atoms with Gasteiger partial charge in [0.2, 0.25) is 0 Å². The lowest BCUT2D eigenvalue weighted by molar-refractivity contribution is -0.144. The van der Waals surface area contributed by atoms with E-state index in [1.807, 2.05) is 0 Å². The van der Waals surface area contributed by atoms with Crippen molar-refractivity contribution in [3.63, 3.8) is 0 Å². The van der Waals surface area contributed by atoms with Gasteiger partial charge in [0.15, 0.2) is 0 Å². The van der Waals surface area contributed by atoms with Gasteiger partial charge in [-0.15, -0.1) is 15.7 Å². The standard InChI is InChI=1S/C53H36F15PS/c1-2-4-46(6-3-5-31-19-42(54)29-43(55)20-31)70(49-17-11-34(12-18-49)37-25-44(56)30-45(69)26-37,47-13-7-32(8-14-47)35-21-38(50(57,58)59)27-39(22-35)51(60,61)62)48-15-9-33(10-16-48)36-23-40(52(63,64)65)28-41(24-36)53(66,67)68/h1,3-4,6-9,11-15,17-30,33,48H,5,10,16,69H2/b6-3-,46-4+. The Labute approximate surface area is 396 Å². The maximum Gasteiger partial charge on any atom is 0.416 e. The highest BCUT2D eigenvalue weighted by atomic mass is 32.3. The van der Waals surface area contributed by atoms with Gasteiger partial charge in [0.25, 0.3) is 0 Å². The molecule has 0 spiro atoms. The van der Waals surface area contributed by atoms with Crippen LogP contribution in [0.5, 0.6) is 0 Å². The van der Waals surface area contributed by atoms with Crippen LogP contribution in [0.4, 0.5) is 65.9 Å². The molecule has 0 saturated heterocycles. The summed E-state index contributed by atoms with van der Waals surface area (Å²) >= 11 is 0. The van der Waals surface area contributed by atoms with Crippen LogP contribution >= 0.6 is 19.3 Å². The van der Waals surface area contributed by atoms with Crippen molar-refractivity contribution in [3.8, 4) is 34.6 Å². The quantitative estimate of drug-likeness (QED) is 0.0422. The number of allylic oxidation sites excluding steroid dienone is 4. The topological polar surface area (TPSA) is 0 Å². The lowest BCUT2D eigenvalue weighted by Gasteiger charge is -2.49. The van der Waals surface area contributed by atoms with Crippen LogP contribution in [0.2, 0.25) is 0 Å². The summed E-state index contributed by atoms with van der Waals surface area (Å²) in [5.41, 5.74) is -5.65. The van der Waals surface area contributed by atoms with Crippen LogP contribution in [0, 0.1) is 29.8 Å². The summed E-state index contributed by atoms with van der Waals surface area (Å²) in [6, 6.07) is 22.0. The molecule has 0 saturated carbocycles. The number of rotatable bonds is 10. The third-order valence-electron chi connectivity index (χ3n) is 11.6. The highest BCUT2D eigenvalue weighted by molar-refractivity contribution is 8.37. The second-order valence-corrected chi connectivity index (χ2v) is 20.3. The minimum absolute atomic E-state index is 0.00585. The van der Waals surface area contributed by atoms with E-state index in [-0.39, 0.29) is 48.1 Å². The van der Waals surface area contributed by atoms with Crippen LogP contribution in [0.1, 0.15) is 52.1 Å². The molecule has 0 N–H and O–H groups in total. The average Bonchev–Trinajstić information content (AvgIpc) is 3.28. The zero-order valence-electron chi connectivity index (χ0n) is 35.9. The maximum atomic E-state index is 14.6. The van der Waals surface area contributed by atoms with Crippen molar-refractivity contribution in [2.75, 3.05) is 0 Å². The summed E-state index contributed by atoms with van der Waals surface area (Å²) < 4.78 is 211. The highest BCUT2D eigenvalue weighted by Crippen LogP contribution is 2.73. The van der Waals surface area contributed by atoms with E-state index in [1.54, 1.807) is 48.6 Å². The number of hydrogen-bond acceptors (Lipinski definition) is 0. The summed E-state index contributed by atoms with van der Waals surface area (Å²) in [7, 11) is -0.578. The van der Waals surface area contributed by atoms with E-state index in [9.17, 15) is 65.9 Å². The molecule has 0 aliphatic heterocycles. The molecular weight excluding hydrogens is 985 g/mol. The molecule has 1 aliphatic rings. The molecule has 6 aromatic carbocycles. The Morgan fingerprint density at radius 3 is 1.43 bits per heavy atom. The van der Waals surface area contributed by atoms with E-state index in [2.05, 4.69) is 15.2 Å². The molecule has 4 unspecified atom stereocenters. The Hall–Kier alpha value is -6.17. The largest absolute Gasteiger partial charge is 0.416 e. The van der Waals surface area contributed by atoms with E-state index in [4.69, 9.17) is 6.42 Å². The van der Waals surface area contributed by atoms with E-state index >= 15 is 0 Å². The van der Waals surface area contributed by atoms with Crippen LogP contribution in [-0.2, 0) is 31.1 Å². The van der Waals surface area contributed by atoms with Crippen LogP contribution in [-0.4, -0.2) is 5.25 Å². The summed E-state index contributed by atoms with van der Waals surface area (Å²) in [5.74, 6) is -0.715. The van der Waals surface area contributed by atoms with Crippen molar-refractivity contribution in [1.82, 2.24) is 0 Å². The van der Waals surface area contributed by atoms with Crippen molar-refractivity contribution < 1.29 is 65.9 Å². The second-order valence-electron chi connectivity index (χ2n) is 16.3. The first-order valence-electron chi connectivity index (χ1n) is 20.9. The minimum atomic E-state index is -5.16. The van der Waals surface area contributed by atoms with Crippen LogP contribution in [0.25, 0.3) is 22.3 Å². The van der Waals surface area contributed by atoms with Crippen molar-refractivity contribution in [2.24, 2.45) is 0 Å². The smallest absolute Gasteiger partial charge is 0.207 e. The molecule has 0 radical (unpaired) electrons.